The number of rotatable bonds is 9. The predicted molar refractivity (Wildman–Crippen MR) is 125 cm³/mol. The van der Waals surface area contributed by atoms with E-state index in [9.17, 15) is 4.79 Å². The van der Waals surface area contributed by atoms with Gasteiger partial charge in [0.25, 0.3) is 0 Å². The van der Waals surface area contributed by atoms with E-state index in [4.69, 9.17) is 4.52 Å². The van der Waals surface area contributed by atoms with Crippen LogP contribution in [0.15, 0.2) is 108 Å². The lowest BCUT2D eigenvalue weighted by molar-refractivity contribution is -0.131. The van der Waals surface area contributed by atoms with Crippen LogP contribution in [0.25, 0.3) is 11.4 Å². The second-order valence-corrected chi connectivity index (χ2v) is 7.52. The Hall–Kier alpha value is -3.99. The maximum Gasteiger partial charge on any atom is 0.246 e. The Balaban J connectivity index is 1.53. The Morgan fingerprint density at radius 2 is 1.47 bits per heavy atom. The van der Waals surface area contributed by atoms with Gasteiger partial charge in [-0.1, -0.05) is 102 Å². The van der Waals surface area contributed by atoms with E-state index in [0.717, 1.165) is 16.7 Å². The van der Waals surface area contributed by atoms with Gasteiger partial charge in [-0.15, -0.1) is 6.58 Å². The summed E-state index contributed by atoms with van der Waals surface area (Å²) in [6, 6.07) is 29.8. The molecule has 0 bridgehead atoms. The fourth-order valence-electron chi connectivity index (χ4n) is 3.70. The molecule has 0 radical (unpaired) electrons. The number of amides is 1. The molecular formula is C27H25N3O2. The third-order valence-electron chi connectivity index (χ3n) is 5.31. The summed E-state index contributed by atoms with van der Waals surface area (Å²) < 4.78 is 5.43. The number of carbonyl (C=O) groups is 1. The highest BCUT2D eigenvalue weighted by Gasteiger charge is 2.23. The van der Waals surface area contributed by atoms with Crippen LogP contribution in [-0.4, -0.2) is 27.5 Å². The summed E-state index contributed by atoms with van der Waals surface area (Å²) in [5.74, 6) is 0.870. The van der Waals surface area contributed by atoms with Gasteiger partial charge in [0.05, 0.1) is 0 Å². The lowest BCUT2D eigenvalue weighted by Gasteiger charge is -2.23. The number of hydrogen-bond acceptors (Lipinski definition) is 4. The minimum atomic E-state index is -0.0419. The van der Waals surface area contributed by atoms with Gasteiger partial charge in [0.2, 0.25) is 17.6 Å². The molecule has 160 valence electrons. The van der Waals surface area contributed by atoms with Crippen LogP contribution in [-0.2, 0) is 11.3 Å². The van der Waals surface area contributed by atoms with Gasteiger partial charge in [-0.2, -0.15) is 4.98 Å². The summed E-state index contributed by atoms with van der Waals surface area (Å²) in [7, 11) is 0. The molecule has 0 fully saturated rings. The average molecular weight is 424 g/mol. The van der Waals surface area contributed by atoms with Crippen LogP contribution in [0.3, 0.4) is 0 Å². The molecule has 5 heteroatoms. The second-order valence-electron chi connectivity index (χ2n) is 7.52. The Labute approximate surface area is 188 Å². The lowest BCUT2D eigenvalue weighted by Crippen LogP contribution is -2.32. The van der Waals surface area contributed by atoms with Gasteiger partial charge in [-0.3, -0.25) is 4.79 Å². The van der Waals surface area contributed by atoms with Crippen molar-refractivity contribution in [3.63, 3.8) is 0 Å². The van der Waals surface area contributed by atoms with Gasteiger partial charge in [0.1, 0.15) is 6.54 Å². The van der Waals surface area contributed by atoms with Crippen molar-refractivity contribution in [1.29, 1.82) is 0 Å². The maximum atomic E-state index is 13.4. The van der Waals surface area contributed by atoms with Crippen LogP contribution >= 0.6 is 0 Å². The Kier molecular flexibility index (Phi) is 6.88. The van der Waals surface area contributed by atoms with Crippen molar-refractivity contribution in [2.24, 2.45) is 0 Å². The van der Waals surface area contributed by atoms with Gasteiger partial charge in [0, 0.05) is 24.4 Å². The summed E-state index contributed by atoms with van der Waals surface area (Å²) in [5.41, 5.74) is 3.09. The zero-order valence-electron chi connectivity index (χ0n) is 17.8. The molecule has 1 amide bonds. The van der Waals surface area contributed by atoms with Gasteiger partial charge < -0.3 is 9.42 Å². The summed E-state index contributed by atoms with van der Waals surface area (Å²) in [4.78, 5) is 19.5. The molecule has 0 unspecified atom stereocenters. The fourth-order valence-corrected chi connectivity index (χ4v) is 3.70. The minimum Gasteiger partial charge on any atom is -0.337 e. The molecule has 0 spiro atoms. The second kappa shape index (κ2) is 10.4. The van der Waals surface area contributed by atoms with E-state index in [1.807, 2.05) is 66.7 Å². The summed E-state index contributed by atoms with van der Waals surface area (Å²) >= 11 is 0. The van der Waals surface area contributed by atoms with Crippen molar-refractivity contribution in [3.05, 3.63) is 121 Å². The van der Waals surface area contributed by atoms with Gasteiger partial charge in [0.15, 0.2) is 0 Å². The topological polar surface area (TPSA) is 59.2 Å². The molecule has 0 saturated heterocycles. The van der Waals surface area contributed by atoms with E-state index < -0.39 is 0 Å². The minimum absolute atomic E-state index is 0.00191. The zero-order chi connectivity index (χ0) is 22.2. The summed E-state index contributed by atoms with van der Waals surface area (Å²) in [6.07, 6.45) is 2.05. The highest BCUT2D eigenvalue weighted by Crippen LogP contribution is 2.29. The van der Waals surface area contributed by atoms with E-state index in [2.05, 4.69) is 41.0 Å². The van der Waals surface area contributed by atoms with E-state index in [-0.39, 0.29) is 18.4 Å². The molecule has 3 aromatic carbocycles. The molecule has 5 nitrogen and oxygen atoms in total. The number of nitrogens with zero attached hydrogens (tertiary/aromatic N) is 3. The maximum absolute atomic E-state index is 13.4. The van der Waals surface area contributed by atoms with Gasteiger partial charge in [-0.25, -0.2) is 0 Å². The highest BCUT2D eigenvalue weighted by molar-refractivity contribution is 5.78. The van der Waals surface area contributed by atoms with Crippen LogP contribution in [0.2, 0.25) is 0 Å². The first-order chi connectivity index (χ1) is 15.7. The van der Waals surface area contributed by atoms with E-state index in [1.165, 1.54) is 0 Å². The van der Waals surface area contributed by atoms with Crippen molar-refractivity contribution in [1.82, 2.24) is 15.0 Å². The molecule has 0 aliphatic rings. The molecular weight excluding hydrogens is 398 g/mol. The highest BCUT2D eigenvalue weighted by atomic mass is 16.5. The third kappa shape index (κ3) is 5.19. The third-order valence-corrected chi connectivity index (χ3v) is 5.31. The molecule has 1 heterocycles. The van der Waals surface area contributed by atoms with Crippen molar-refractivity contribution in [3.8, 4) is 11.4 Å². The zero-order valence-corrected chi connectivity index (χ0v) is 17.8. The van der Waals surface area contributed by atoms with Crippen LogP contribution in [0.1, 0.15) is 29.4 Å². The summed E-state index contributed by atoms with van der Waals surface area (Å²) in [5, 5.41) is 4.07. The van der Waals surface area contributed by atoms with Crippen molar-refractivity contribution >= 4 is 5.91 Å². The Bertz CT molecular complexity index is 1100. The SMILES string of the molecule is C=CCN(Cc1nc(-c2ccccc2)no1)C(=O)CC(c1ccccc1)c1ccccc1. The number of benzene rings is 3. The molecule has 32 heavy (non-hydrogen) atoms. The average Bonchev–Trinajstić information content (AvgIpc) is 3.32. The Morgan fingerprint density at radius 3 is 2.03 bits per heavy atom. The van der Waals surface area contributed by atoms with Crippen LogP contribution in [0, 0.1) is 0 Å². The lowest BCUT2D eigenvalue weighted by atomic mass is 9.88. The van der Waals surface area contributed by atoms with Gasteiger partial charge in [-0.05, 0) is 11.1 Å². The molecule has 0 atom stereocenters. The number of carbonyl (C=O) groups excluding carboxylic acids is 1. The standard InChI is InChI=1S/C27H25N3O2/c1-2-18-30(20-25-28-27(29-32-25)23-16-10-5-11-17-23)26(31)19-24(21-12-6-3-7-13-21)22-14-8-4-9-15-22/h2-17,24H,1,18-20H2. The number of hydrogen-bond donors (Lipinski definition) is 0. The normalized spacial score (nSPS) is 10.8. The molecule has 0 N–H and O–H groups in total. The molecule has 4 aromatic rings. The molecule has 0 saturated carbocycles. The smallest absolute Gasteiger partial charge is 0.246 e. The first kappa shape index (κ1) is 21.2. The van der Waals surface area contributed by atoms with Crippen molar-refractivity contribution in [2.75, 3.05) is 6.54 Å². The van der Waals surface area contributed by atoms with Crippen molar-refractivity contribution < 1.29 is 9.32 Å². The first-order valence-electron chi connectivity index (χ1n) is 10.6. The van der Waals surface area contributed by atoms with E-state index >= 15 is 0 Å². The summed E-state index contributed by atoms with van der Waals surface area (Å²) in [6.45, 7) is 4.45. The molecule has 0 aliphatic heterocycles. The fraction of sp³-hybridized carbons (Fsp3) is 0.148. The van der Waals surface area contributed by atoms with E-state index in [1.54, 1.807) is 11.0 Å². The first-order valence-corrected chi connectivity index (χ1v) is 10.6. The van der Waals surface area contributed by atoms with Crippen molar-refractivity contribution in [2.45, 2.75) is 18.9 Å². The monoisotopic (exact) mass is 423 g/mol. The van der Waals surface area contributed by atoms with Crippen LogP contribution in [0.4, 0.5) is 0 Å². The molecule has 0 aliphatic carbocycles. The molecule has 4 rings (SSSR count). The van der Waals surface area contributed by atoms with Gasteiger partial charge >= 0.3 is 0 Å². The predicted octanol–water partition coefficient (Wildman–Crippen LogP) is 5.47. The molecule has 1 aromatic heterocycles. The van der Waals surface area contributed by atoms with Crippen LogP contribution < -0.4 is 0 Å². The number of aromatic nitrogens is 2. The van der Waals surface area contributed by atoms with E-state index in [0.29, 0.717) is 24.7 Å². The Morgan fingerprint density at radius 1 is 0.906 bits per heavy atom. The largest absolute Gasteiger partial charge is 0.337 e. The van der Waals surface area contributed by atoms with Crippen LogP contribution in [0.5, 0.6) is 0 Å². The quantitative estimate of drug-likeness (QED) is 0.335.